The summed E-state index contributed by atoms with van der Waals surface area (Å²) in [7, 11) is 0. The Balaban J connectivity index is 1.45. The summed E-state index contributed by atoms with van der Waals surface area (Å²) in [6, 6.07) is 0. The molecule has 0 aliphatic heterocycles. The topological polar surface area (TPSA) is 40.5 Å². The van der Waals surface area contributed by atoms with Crippen molar-refractivity contribution in [3.05, 3.63) is 0 Å². The van der Waals surface area contributed by atoms with Crippen molar-refractivity contribution in [1.82, 2.24) is 0 Å². The highest BCUT2D eigenvalue weighted by Gasteiger charge is 2.61. The molecular weight excluding hydrogens is 380 g/mol. The van der Waals surface area contributed by atoms with Crippen LogP contribution in [0.25, 0.3) is 0 Å². The van der Waals surface area contributed by atoms with Crippen molar-refractivity contribution in [2.24, 2.45) is 46.3 Å². The lowest BCUT2D eigenvalue weighted by molar-refractivity contribution is -0.148. The van der Waals surface area contributed by atoms with Gasteiger partial charge < -0.3 is 10.2 Å². The highest BCUT2D eigenvalue weighted by Crippen LogP contribution is 2.68. The van der Waals surface area contributed by atoms with Crippen LogP contribution in [0.15, 0.2) is 0 Å². The maximum atomic E-state index is 10.7. The van der Waals surface area contributed by atoms with Crippen LogP contribution in [0, 0.1) is 46.3 Å². The SMILES string of the molecule is CCCC(C)(O)CC[C@@H](C)C1CC[C@H]2[C@@H]3CC[C@H]4C[C@@](C)(O)CC[C@]4(C)[C@H]3CC[C@]12C. The van der Waals surface area contributed by atoms with Crippen molar-refractivity contribution < 1.29 is 10.2 Å². The van der Waals surface area contributed by atoms with E-state index in [4.69, 9.17) is 0 Å². The first-order valence-corrected chi connectivity index (χ1v) is 13.9. The van der Waals surface area contributed by atoms with Crippen molar-refractivity contribution in [2.45, 2.75) is 136 Å². The Morgan fingerprint density at radius 1 is 0.903 bits per heavy atom. The molecule has 0 spiro atoms. The number of fused-ring (bicyclic) bond motifs is 5. The van der Waals surface area contributed by atoms with Gasteiger partial charge in [0.15, 0.2) is 0 Å². The van der Waals surface area contributed by atoms with Crippen LogP contribution >= 0.6 is 0 Å². The van der Waals surface area contributed by atoms with Gasteiger partial charge >= 0.3 is 0 Å². The molecule has 2 nitrogen and oxygen atoms in total. The van der Waals surface area contributed by atoms with E-state index < -0.39 is 11.2 Å². The fourth-order valence-electron chi connectivity index (χ4n) is 9.81. The molecule has 0 radical (unpaired) electrons. The predicted molar refractivity (Wildman–Crippen MR) is 130 cm³/mol. The molecular formula is C29H52O2. The minimum absolute atomic E-state index is 0.424. The van der Waals surface area contributed by atoms with Crippen LogP contribution in [-0.2, 0) is 0 Å². The molecule has 4 fully saturated rings. The molecule has 4 aliphatic rings. The molecule has 0 amide bonds. The van der Waals surface area contributed by atoms with Crippen LogP contribution in [0.5, 0.6) is 0 Å². The van der Waals surface area contributed by atoms with Gasteiger partial charge in [0.1, 0.15) is 0 Å². The third-order valence-electron chi connectivity index (χ3n) is 11.6. The van der Waals surface area contributed by atoms with Crippen LogP contribution in [0.3, 0.4) is 0 Å². The molecule has 0 aromatic heterocycles. The van der Waals surface area contributed by atoms with Gasteiger partial charge in [0.2, 0.25) is 0 Å². The van der Waals surface area contributed by atoms with Gasteiger partial charge in [-0.1, -0.05) is 34.1 Å². The van der Waals surface area contributed by atoms with Gasteiger partial charge in [-0.2, -0.15) is 0 Å². The zero-order chi connectivity index (χ0) is 22.7. The molecule has 4 aliphatic carbocycles. The highest BCUT2D eigenvalue weighted by atomic mass is 16.3. The second-order valence-electron chi connectivity index (χ2n) is 13.8. The van der Waals surface area contributed by atoms with E-state index in [1.165, 1.54) is 51.4 Å². The third kappa shape index (κ3) is 4.27. The fraction of sp³-hybridized carbons (Fsp3) is 1.00. The zero-order valence-electron chi connectivity index (χ0n) is 21.6. The van der Waals surface area contributed by atoms with Crippen molar-refractivity contribution in [3.63, 3.8) is 0 Å². The molecule has 2 unspecified atom stereocenters. The average Bonchev–Trinajstić information content (AvgIpc) is 3.04. The molecule has 0 saturated heterocycles. The Morgan fingerprint density at radius 2 is 1.61 bits per heavy atom. The van der Waals surface area contributed by atoms with Gasteiger partial charge in [0.25, 0.3) is 0 Å². The summed E-state index contributed by atoms with van der Waals surface area (Å²) in [5, 5.41) is 21.4. The molecule has 180 valence electrons. The van der Waals surface area contributed by atoms with E-state index in [1.807, 2.05) is 6.92 Å². The van der Waals surface area contributed by atoms with Gasteiger partial charge in [-0.3, -0.25) is 0 Å². The standard InChI is InChI=1S/C29H52O2/c1-7-14-26(3,30)15-12-20(2)23-10-11-24-22-9-8-21-19-27(4,31)17-18-28(21,5)25(22)13-16-29(23,24)6/h20-25,30-31H,7-19H2,1-6H3/t20-,21+,22+,23?,24+,25+,26?,27+,28+,29-/m1/s1. The Morgan fingerprint density at radius 3 is 2.32 bits per heavy atom. The number of aliphatic hydroxyl groups is 2. The van der Waals surface area contributed by atoms with Gasteiger partial charge in [-0.15, -0.1) is 0 Å². The largest absolute Gasteiger partial charge is 0.390 e. The second-order valence-corrected chi connectivity index (χ2v) is 13.8. The molecule has 31 heavy (non-hydrogen) atoms. The van der Waals surface area contributed by atoms with E-state index in [2.05, 4.69) is 34.6 Å². The van der Waals surface area contributed by atoms with Crippen LogP contribution in [0.4, 0.5) is 0 Å². The first-order chi connectivity index (χ1) is 14.4. The van der Waals surface area contributed by atoms with E-state index in [0.29, 0.717) is 10.8 Å². The quantitative estimate of drug-likeness (QED) is 0.460. The fourth-order valence-corrected chi connectivity index (χ4v) is 9.81. The Labute approximate surface area is 193 Å². The molecule has 4 rings (SSSR count). The summed E-state index contributed by atoms with van der Waals surface area (Å²) in [6.45, 7) is 14.1. The summed E-state index contributed by atoms with van der Waals surface area (Å²) in [5.74, 6) is 5.03. The summed E-state index contributed by atoms with van der Waals surface area (Å²) >= 11 is 0. The van der Waals surface area contributed by atoms with Crippen molar-refractivity contribution >= 4 is 0 Å². The molecule has 0 aromatic rings. The lowest BCUT2D eigenvalue weighted by Crippen LogP contribution is -2.55. The first kappa shape index (κ1) is 24.1. The van der Waals surface area contributed by atoms with Crippen molar-refractivity contribution in [1.29, 1.82) is 0 Å². The molecule has 10 atom stereocenters. The van der Waals surface area contributed by atoms with Crippen LogP contribution in [0.2, 0.25) is 0 Å². The van der Waals surface area contributed by atoms with E-state index in [1.54, 1.807) is 0 Å². The molecule has 0 heterocycles. The lowest BCUT2D eigenvalue weighted by Gasteiger charge is -2.62. The maximum Gasteiger partial charge on any atom is 0.0622 e. The summed E-state index contributed by atoms with van der Waals surface area (Å²) in [4.78, 5) is 0. The summed E-state index contributed by atoms with van der Waals surface area (Å²) in [5.41, 5.74) is 0.0808. The average molecular weight is 433 g/mol. The van der Waals surface area contributed by atoms with Gasteiger partial charge in [-0.05, 0) is 137 Å². The minimum atomic E-state index is -0.477. The van der Waals surface area contributed by atoms with Gasteiger partial charge in [0.05, 0.1) is 11.2 Å². The lowest BCUT2D eigenvalue weighted by atomic mass is 9.43. The molecule has 4 saturated carbocycles. The predicted octanol–water partition coefficient (Wildman–Crippen LogP) is 7.36. The van der Waals surface area contributed by atoms with Gasteiger partial charge in [-0.25, -0.2) is 0 Å². The summed E-state index contributed by atoms with van der Waals surface area (Å²) in [6.07, 6.45) is 15.9. The molecule has 0 bridgehead atoms. The Bertz CT molecular complexity index is 639. The smallest absolute Gasteiger partial charge is 0.0622 e. The van der Waals surface area contributed by atoms with Crippen LogP contribution in [0.1, 0.15) is 125 Å². The van der Waals surface area contributed by atoms with Crippen molar-refractivity contribution in [2.75, 3.05) is 0 Å². The zero-order valence-corrected chi connectivity index (χ0v) is 21.6. The number of rotatable bonds is 6. The first-order valence-electron chi connectivity index (χ1n) is 13.9. The Kier molecular flexibility index (Phi) is 6.44. The highest BCUT2D eigenvalue weighted by molar-refractivity contribution is 5.10. The monoisotopic (exact) mass is 432 g/mol. The van der Waals surface area contributed by atoms with Gasteiger partial charge in [0, 0.05) is 0 Å². The molecule has 0 aromatic carbocycles. The molecule has 2 N–H and O–H groups in total. The molecule has 2 heteroatoms. The maximum absolute atomic E-state index is 10.7. The van der Waals surface area contributed by atoms with E-state index in [-0.39, 0.29) is 0 Å². The van der Waals surface area contributed by atoms with E-state index in [9.17, 15) is 10.2 Å². The normalized spacial score (nSPS) is 50.1. The minimum Gasteiger partial charge on any atom is -0.390 e. The van der Waals surface area contributed by atoms with Crippen LogP contribution in [-0.4, -0.2) is 21.4 Å². The number of hydrogen-bond donors (Lipinski definition) is 2. The third-order valence-corrected chi connectivity index (χ3v) is 11.6. The van der Waals surface area contributed by atoms with E-state index in [0.717, 1.165) is 67.6 Å². The van der Waals surface area contributed by atoms with Crippen LogP contribution < -0.4 is 0 Å². The summed E-state index contributed by atoms with van der Waals surface area (Å²) < 4.78 is 0. The number of hydrogen-bond acceptors (Lipinski definition) is 2. The Hall–Kier alpha value is -0.0800. The second kappa shape index (κ2) is 8.30. The van der Waals surface area contributed by atoms with Crippen molar-refractivity contribution in [3.8, 4) is 0 Å². The van der Waals surface area contributed by atoms with E-state index >= 15 is 0 Å².